The molecule has 0 spiro atoms. The Morgan fingerprint density at radius 2 is 1.91 bits per heavy atom. The lowest BCUT2D eigenvalue weighted by atomic mass is 10.0. The maximum Gasteiger partial charge on any atom is 0.338 e. The van der Waals surface area contributed by atoms with Crippen molar-refractivity contribution in [3.8, 4) is 11.3 Å². The fraction of sp³-hybridized carbons (Fsp3) is 0.462. The Labute approximate surface area is 200 Å². The summed E-state index contributed by atoms with van der Waals surface area (Å²) in [7, 11) is 0. The molecule has 2 aromatic heterocycles. The highest BCUT2D eigenvalue weighted by atomic mass is 16.5. The molecular weight excluding hydrogens is 430 g/mol. The average molecular weight is 464 g/mol. The van der Waals surface area contributed by atoms with Gasteiger partial charge in [0.1, 0.15) is 0 Å². The van der Waals surface area contributed by atoms with Gasteiger partial charge in [-0.1, -0.05) is 25.5 Å². The lowest BCUT2D eigenvalue weighted by Gasteiger charge is -2.32. The molecule has 8 nitrogen and oxygen atoms in total. The van der Waals surface area contributed by atoms with Gasteiger partial charge >= 0.3 is 5.97 Å². The van der Waals surface area contributed by atoms with Gasteiger partial charge in [-0.25, -0.2) is 14.8 Å². The van der Waals surface area contributed by atoms with Crippen molar-refractivity contribution in [2.45, 2.75) is 71.6 Å². The minimum atomic E-state index is -0.299. The summed E-state index contributed by atoms with van der Waals surface area (Å²) in [4.78, 5) is 21.3. The molecule has 1 aromatic carbocycles. The molecular formula is C26H33N5O3. The first-order valence-electron chi connectivity index (χ1n) is 12.0. The number of anilines is 2. The minimum absolute atomic E-state index is 0.224. The van der Waals surface area contributed by atoms with E-state index in [0.29, 0.717) is 24.2 Å². The van der Waals surface area contributed by atoms with Gasteiger partial charge in [-0.05, 0) is 57.7 Å². The molecule has 0 amide bonds. The fourth-order valence-electron chi connectivity index (χ4n) is 4.27. The molecule has 0 radical (unpaired) electrons. The molecule has 2 unspecified atom stereocenters. The monoisotopic (exact) mass is 463 g/mol. The zero-order chi connectivity index (χ0) is 24.1. The fourth-order valence-corrected chi connectivity index (χ4v) is 4.27. The molecule has 2 atom stereocenters. The third kappa shape index (κ3) is 5.80. The Morgan fingerprint density at radius 3 is 2.62 bits per heavy atom. The van der Waals surface area contributed by atoms with Crippen molar-refractivity contribution in [3.63, 3.8) is 0 Å². The number of rotatable bonds is 8. The van der Waals surface area contributed by atoms with E-state index in [1.807, 2.05) is 29.9 Å². The van der Waals surface area contributed by atoms with E-state index in [1.54, 1.807) is 24.5 Å². The molecule has 34 heavy (non-hydrogen) atoms. The second-order valence-electron chi connectivity index (χ2n) is 9.01. The molecule has 0 saturated carbocycles. The topological polar surface area (TPSA) is 91.2 Å². The molecule has 3 aromatic rings. The first-order chi connectivity index (χ1) is 16.4. The molecule has 0 aliphatic carbocycles. The van der Waals surface area contributed by atoms with Crippen molar-refractivity contribution >= 4 is 17.6 Å². The van der Waals surface area contributed by atoms with E-state index in [9.17, 15) is 4.79 Å². The predicted molar refractivity (Wildman–Crippen MR) is 131 cm³/mol. The van der Waals surface area contributed by atoms with Crippen LogP contribution in [0, 0.1) is 6.92 Å². The van der Waals surface area contributed by atoms with Crippen molar-refractivity contribution in [2.75, 3.05) is 11.9 Å². The highest BCUT2D eigenvalue weighted by molar-refractivity contribution is 5.90. The standard InChI is InChI=1S/C26H33N5O3/c1-5-6-11-33-25(32)21-9-7-20(8-10-21)24-17(2)14-27-26(30-24)29-22-15-28-31(16-22)23-12-18(3)34-19(4)13-23/h7-10,14-16,18-19,23H,5-6,11-13H2,1-4H3,(H,27,29,30). The minimum Gasteiger partial charge on any atom is -0.462 e. The Hall–Kier alpha value is -3.26. The van der Waals surface area contributed by atoms with E-state index in [4.69, 9.17) is 14.5 Å². The summed E-state index contributed by atoms with van der Waals surface area (Å²) in [5.41, 5.74) is 4.04. The van der Waals surface area contributed by atoms with Crippen LogP contribution in [0.25, 0.3) is 11.3 Å². The number of benzene rings is 1. The summed E-state index contributed by atoms with van der Waals surface area (Å²) in [6, 6.07) is 7.65. The van der Waals surface area contributed by atoms with Crippen LogP contribution in [0.15, 0.2) is 42.9 Å². The van der Waals surface area contributed by atoms with E-state index in [2.05, 4.69) is 36.2 Å². The van der Waals surface area contributed by atoms with Crippen LogP contribution in [0.4, 0.5) is 11.6 Å². The van der Waals surface area contributed by atoms with Gasteiger partial charge in [0.05, 0.1) is 48.0 Å². The zero-order valence-electron chi connectivity index (χ0n) is 20.3. The maximum atomic E-state index is 12.2. The predicted octanol–water partition coefficient (Wildman–Crippen LogP) is 5.48. The van der Waals surface area contributed by atoms with Gasteiger partial charge in [0.25, 0.3) is 0 Å². The molecule has 3 heterocycles. The van der Waals surface area contributed by atoms with E-state index < -0.39 is 0 Å². The van der Waals surface area contributed by atoms with Crippen molar-refractivity contribution in [3.05, 3.63) is 54.0 Å². The van der Waals surface area contributed by atoms with Crippen LogP contribution in [-0.4, -0.2) is 44.5 Å². The number of hydrogen-bond donors (Lipinski definition) is 1. The Kier molecular flexibility index (Phi) is 7.57. The number of carbonyl (C=O) groups is 1. The lowest BCUT2D eigenvalue weighted by molar-refractivity contribution is -0.0506. The van der Waals surface area contributed by atoms with E-state index in [1.165, 1.54) is 0 Å². The van der Waals surface area contributed by atoms with Crippen LogP contribution >= 0.6 is 0 Å². The van der Waals surface area contributed by atoms with Crippen LogP contribution in [0.3, 0.4) is 0 Å². The first-order valence-corrected chi connectivity index (χ1v) is 12.0. The summed E-state index contributed by atoms with van der Waals surface area (Å²) in [6.45, 7) is 8.69. The smallest absolute Gasteiger partial charge is 0.338 e. The lowest BCUT2D eigenvalue weighted by Crippen LogP contribution is -2.31. The third-order valence-electron chi connectivity index (χ3n) is 6.00. The van der Waals surface area contributed by atoms with Gasteiger partial charge in [-0.2, -0.15) is 5.10 Å². The van der Waals surface area contributed by atoms with Crippen LogP contribution < -0.4 is 5.32 Å². The summed E-state index contributed by atoms with van der Waals surface area (Å²) < 4.78 is 13.1. The van der Waals surface area contributed by atoms with Crippen LogP contribution in [0.1, 0.15) is 68.4 Å². The van der Waals surface area contributed by atoms with Gasteiger partial charge in [0, 0.05) is 18.0 Å². The average Bonchev–Trinajstić information content (AvgIpc) is 3.28. The van der Waals surface area contributed by atoms with E-state index in [-0.39, 0.29) is 18.2 Å². The number of aromatic nitrogens is 4. The molecule has 1 saturated heterocycles. The molecule has 1 N–H and O–H groups in total. The SMILES string of the molecule is CCCCOC(=O)c1ccc(-c2nc(Nc3cnn(C4CC(C)OC(C)C4)c3)ncc2C)cc1. The molecule has 1 aliphatic heterocycles. The van der Waals surface area contributed by atoms with E-state index in [0.717, 1.165) is 48.2 Å². The Bertz CT molecular complexity index is 1100. The summed E-state index contributed by atoms with van der Waals surface area (Å²) in [5, 5.41) is 7.83. The van der Waals surface area contributed by atoms with Gasteiger partial charge in [-0.3, -0.25) is 4.68 Å². The van der Waals surface area contributed by atoms with Crippen molar-refractivity contribution in [1.82, 2.24) is 19.7 Å². The number of nitrogens with zero attached hydrogens (tertiary/aromatic N) is 4. The van der Waals surface area contributed by atoms with Crippen LogP contribution in [0.5, 0.6) is 0 Å². The molecule has 4 rings (SSSR count). The highest BCUT2D eigenvalue weighted by Gasteiger charge is 2.26. The Balaban J connectivity index is 1.46. The molecule has 180 valence electrons. The van der Waals surface area contributed by atoms with E-state index >= 15 is 0 Å². The number of nitrogens with one attached hydrogen (secondary N) is 1. The second kappa shape index (κ2) is 10.8. The number of hydrogen-bond acceptors (Lipinski definition) is 7. The quantitative estimate of drug-likeness (QED) is 0.349. The van der Waals surface area contributed by atoms with Gasteiger partial charge in [-0.15, -0.1) is 0 Å². The number of carbonyl (C=O) groups excluding carboxylic acids is 1. The van der Waals surface area contributed by atoms with Gasteiger partial charge < -0.3 is 14.8 Å². The number of ether oxygens (including phenoxy) is 2. The van der Waals surface area contributed by atoms with Gasteiger partial charge in [0.15, 0.2) is 0 Å². The normalized spacial score (nSPS) is 20.2. The van der Waals surface area contributed by atoms with Crippen molar-refractivity contribution in [1.29, 1.82) is 0 Å². The number of aryl methyl sites for hydroxylation is 1. The molecule has 0 bridgehead atoms. The largest absolute Gasteiger partial charge is 0.462 e. The zero-order valence-corrected chi connectivity index (χ0v) is 20.3. The number of esters is 1. The summed E-state index contributed by atoms with van der Waals surface area (Å²) >= 11 is 0. The third-order valence-corrected chi connectivity index (χ3v) is 6.00. The first kappa shape index (κ1) is 23.9. The van der Waals surface area contributed by atoms with Crippen molar-refractivity contribution in [2.24, 2.45) is 0 Å². The summed E-state index contributed by atoms with van der Waals surface area (Å²) in [6.07, 6.45) is 9.78. The highest BCUT2D eigenvalue weighted by Crippen LogP contribution is 2.29. The maximum absolute atomic E-state index is 12.2. The van der Waals surface area contributed by atoms with Crippen molar-refractivity contribution < 1.29 is 14.3 Å². The molecule has 1 aliphatic rings. The Morgan fingerprint density at radius 1 is 1.18 bits per heavy atom. The van der Waals surface area contributed by atoms with Gasteiger partial charge in [0.2, 0.25) is 5.95 Å². The van der Waals surface area contributed by atoms with Crippen LogP contribution in [-0.2, 0) is 9.47 Å². The number of unbranched alkanes of at least 4 members (excludes halogenated alkanes) is 1. The molecule has 1 fully saturated rings. The van der Waals surface area contributed by atoms with Crippen LogP contribution in [0.2, 0.25) is 0 Å². The second-order valence-corrected chi connectivity index (χ2v) is 9.01. The summed E-state index contributed by atoms with van der Waals surface area (Å²) in [5.74, 6) is 0.198. The molecule has 8 heteroatoms.